The van der Waals surface area contributed by atoms with Gasteiger partial charge in [0, 0.05) is 38.2 Å². The first-order valence-corrected chi connectivity index (χ1v) is 11.9. The lowest BCUT2D eigenvalue weighted by Gasteiger charge is -2.22. The minimum absolute atomic E-state index is 0.158. The fourth-order valence-corrected chi connectivity index (χ4v) is 3.82. The lowest BCUT2D eigenvalue weighted by Crippen LogP contribution is -2.53. The number of carbonyl (C=O) groups excluding carboxylic acids is 2. The van der Waals surface area contributed by atoms with Gasteiger partial charge in [-0.15, -0.1) is 0 Å². The second kappa shape index (κ2) is 13.7. The summed E-state index contributed by atoms with van der Waals surface area (Å²) >= 11 is 0. The Labute approximate surface area is 205 Å². The summed E-state index contributed by atoms with van der Waals surface area (Å²) in [5, 5.41) is 15.1. The Hall–Kier alpha value is -3.94. The van der Waals surface area contributed by atoms with Crippen LogP contribution >= 0.6 is 0 Å². The van der Waals surface area contributed by atoms with Crippen LogP contribution in [0.2, 0.25) is 0 Å². The van der Waals surface area contributed by atoms with Gasteiger partial charge in [-0.25, -0.2) is 9.78 Å². The molecule has 0 saturated carbocycles. The molecule has 0 bridgehead atoms. The van der Waals surface area contributed by atoms with Crippen molar-refractivity contribution in [3.63, 3.8) is 0 Å². The molecule has 0 radical (unpaired) electrons. The van der Waals surface area contributed by atoms with Crippen molar-refractivity contribution in [1.82, 2.24) is 20.2 Å². The predicted octanol–water partition coefficient (Wildman–Crippen LogP) is 2.98. The van der Waals surface area contributed by atoms with E-state index < -0.39 is 24.0 Å². The third-order valence-electron chi connectivity index (χ3n) is 5.71. The van der Waals surface area contributed by atoms with Crippen LogP contribution in [0.1, 0.15) is 36.8 Å². The van der Waals surface area contributed by atoms with E-state index in [-0.39, 0.29) is 18.7 Å². The van der Waals surface area contributed by atoms with Crippen molar-refractivity contribution in [2.24, 2.45) is 0 Å². The Morgan fingerprint density at radius 1 is 0.829 bits per heavy atom. The number of carbonyl (C=O) groups is 3. The number of aliphatic carboxylic acids is 1. The number of nitrogens with one attached hydrogen (secondary N) is 2. The first-order chi connectivity index (χ1) is 17.0. The maximum absolute atomic E-state index is 13.1. The summed E-state index contributed by atoms with van der Waals surface area (Å²) in [6.07, 6.45) is 8.64. The van der Waals surface area contributed by atoms with E-state index in [1.165, 1.54) is 0 Å². The van der Waals surface area contributed by atoms with E-state index in [1.807, 2.05) is 71.4 Å². The number of hydrogen-bond acceptors (Lipinski definition) is 4. The normalized spacial score (nSPS) is 12.5. The third kappa shape index (κ3) is 9.08. The highest BCUT2D eigenvalue weighted by Crippen LogP contribution is 2.08. The van der Waals surface area contributed by atoms with E-state index in [0.717, 1.165) is 30.5 Å². The van der Waals surface area contributed by atoms with Crippen molar-refractivity contribution in [3.05, 3.63) is 90.5 Å². The first-order valence-electron chi connectivity index (χ1n) is 11.9. The highest BCUT2D eigenvalue weighted by Gasteiger charge is 2.27. The van der Waals surface area contributed by atoms with Gasteiger partial charge < -0.3 is 20.3 Å². The summed E-state index contributed by atoms with van der Waals surface area (Å²) in [6, 6.07) is 16.5. The molecule has 3 N–H and O–H groups in total. The third-order valence-corrected chi connectivity index (χ3v) is 5.71. The van der Waals surface area contributed by atoms with E-state index in [2.05, 4.69) is 15.6 Å². The van der Waals surface area contributed by atoms with E-state index in [4.69, 9.17) is 0 Å². The van der Waals surface area contributed by atoms with Crippen molar-refractivity contribution < 1.29 is 19.5 Å². The molecule has 0 unspecified atom stereocenters. The van der Waals surface area contributed by atoms with Crippen LogP contribution in [-0.2, 0) is 33.8 Å². The summed E-state index contributed by atoms with van der Waals surface area (Å²) in [6.45, 7) is 0.846. The van der Waals surface area contributed by atoms with Crippen LogP contribution in [0.15, 0.2) is 79.4 Å². The van der Waals surface area contributed by atoms with Crippen molar-refractivity contribution in [3.8, 4) is 0 Å². The number of imidazole rings is 1. The molecule has 0 fully saturated rings. The molecule has 0 aliphatic rings. The van der Waals surface area contributed by atoms with E-state index in [1.54, 1.807) is 12.5 Å². The summed E-state index contributed by atoms with van der Waals surface area (Å²) in [5.74, 6) is -1.85. The molecule has 0 aliphatic carbocycles. The molecule has 184 valence electrons. The van der Waals surface area contributed by atoms with Crippen molar-refractivity contribution in [2.75, 3.05) is 0 Å². The molecule has 2 aromatic carbocycles. The number of aryl methyl sites for hydroxylation is 1. The maximum atomic E-state index is 13.1. The maximum Gasteiger partial charge on any atom is 0.326 e. The number of aromatic nitrogens is 2. The van der Waals surface area contributed by atoms with Gasteiger partial charge in [0.05, 0.1) is 6.33 Å². The molecule has 3 rings (SSSR count). The number of carboxylic acids is 1. The monoisotopic (exact) mass is 476 g/mol. The molecule has 2 atom stereocenters. The van der Waals surface area contributed by atoms with Crippen LogP contribution in [0.5, 0.6) is 0 Å². The van der Waals surface area contributed by atoms with Gasteiger partial charge in [0.2, 0.25) is 11.8 Å². The Kier molecular flexibility index (Phi) is 10.0. The number of carboxylic acid groups (broad SMARTS) is 1. The second-order valence-electron chi connectivity index (χ2n) is 8.51. The largest absolute Gasteiger partial charge is 0.480 e. The predicted molar refractivity (Wildman–Crippen MR) is 132 cm³/mol. The number of rotatable bonds is 14. The number of hydrogen-bond donors (Lipinski definition) is 3. The van der Waals surface area contributed by atoms with Gasteiger partial charge in [-0.1, -0.05) is 67.1 Å². The minimum atomic E-state index is -1.12. The first kappa shape index (κ1) is 25.7. The highest BCUT2D eigenvalue weighted by atomic mass is 16.4. The average Bonchev–Trinajstić information content (AvgIpc) is 3.38. The summed E-state index contributed by atoms with van der Waals surface area (Å²) in [5.41, 5.74) is 1.68. The number of nitrogens with zero attached hydrogens (tertiary/aromatic N) is 2. The standard InChI is InChI=1S/C27H32N4O4/c32-25(14-8-3-9-16-31-17-15-28-20-31)29-23(18-21-10-4-1-5-11-21)26(33)30-24(27(34)35)19-22-12-6-2-7-13-22/h1-2,4-7,10-13,15,17,20,23-24H,3,8-9,14,16,18-19H2,(H,29,32)(H,30,33)(H,34,35)/t23-,24-/m0/s1. The molecule has 8 heteroatoms. The summed E-state index contributed by atoms with van der Waals surface area (Å²) in [4.78, 5) is 41.6. The molecule has 0 aliphatic heterocycles. The van der Waals surface area contributed by atoms with E-state index in [9.17, 15) is 19.5 Å². The van der Waals surface area contributed by atoms with Crippen LogP contribution in [0.25, 0.3) is 0 Å². The van der Waals surface area contributed by atoms with Crippen LogP contribution in [0.4, 0.5) is 0 Å². The Morgan fingerprint density at radius 2 is 1.46 bits per heavy atom. The average molecular weight is 477 g/mol. The number of benzene rings is 2. The van der Waals surface area contributed by atoms with Gasteiger partial charge in [0.1, 0.15) is 12.1 Å². The van der Waals surface area contributed by atoms with Gasteiger partial charge in [-0.05, 0) is 24.0 Å². The zero-order chi connectivity index (χ0) is 24.9. The zero-order valence-electron chi connectivity index (χ0n) is 19.7. The second-order valence-corrected chi connectivity index (χ2v) is 8.51. The van der Waals surface area contributed by atoms with Crippen molar-refractivity contribution in [1.29, 1.82) is 0 Å². The smallest absolute Gasteiger partial charge is 0.326 e. The lowest BCUT2D eigenvalue weighted by atomic mass is 10.0. The van der Waals surface area contributed by atoms with Crippen LogP contribution in [-0.4, -0.2) is 44.5 Å². The van der Waals surface area contributed by atoms with Gasteiger partial charge in [0.15, 0.2) is 0 Å². The Bertz CT molecular complexity index is 1060. The summed E-state index contributed by atoms with van der Waals surface area (Å²) in [7, 11) is 0. The van der Waals surface area contributed by atoms with Gasteiger partial charge in [-0.3, -0.25) is 9.59 Å². The van der Waals surface area contributed by atoms with Crippen LogP contribution in [0, 0.1) is 0 Å². The Balaban J connectivity index is 1.56. The van der Waals surface area contributed by atoms with E-state index >= 15 is 0 Å². The van der Waals surface area contributed by atoms with Crippen molar-refractivity contribution >= 4 is 17.8 Å². The molecule has 1 aromatic heterocycles. The molecule has 35 heavy (non-hydrogen) atoms. The molecule has 0 saturated heterocycles. The topological polar surface area (TPSA) is 113 Å². The van der Waals surface area contributed by atoms with Crippen LogP contribution in [0.3, 0.4) is 0 Å². The molecule has 0 spiro atoms. The number of amides is 2. The van der Waals surface area contributed by atoms with Crippen molar-refractivity contribution in [2.45, 2.75) is 57.2 Å². The molecule has 1 heterocycles. The van der Waals surface area contributed by atoms with Gasteiger partial charge in [-0.2, -0.15) is 0 Å². The van der Waals surface area contributed by atoms with Gasteiger partial charge in [0.25, 0.3) is 0 Å². The summed E-state index contributed by atoms with van der Waals surface area (Å²) < 4.78 is 1.99. The molecular weight excluding hydrogens is 444 g/mol. The quantitative estimate of drug-likeness (QED) is 0.310. The van der Waals surface area contributed by atoms with Gasteiger partial charge >= 0.3 is 5.97 Å². The Morgan fingerprint density at radius 3 is 2.03 bits per heavy atom. The SMILES string of the molecule is O=C(CCCCCn1ccnc1)N[C@@H](Cc1ccccc1)C(=O)N[C@@H](Cc1ccccc1)C(=O)O. The molecule has 2 amide bonds. The lowest BCUT2D eigenvalue weighted by molar-refractivity contribution is -0.142. The number of unbranched alkanes of at least 4 members (excludes halogenated alkanes) is 2. The minimum Gasteiger partial charge on any atom is -0.480 e. The van der Waals surface area contributed by atoms with E-state index in [0.29, 0.717) is 12.8 Å². The molecular formula is C27H32N4O4. The molecule has 8 nitrogen and oxygen atoms in total. The molecule has 3 aromatic rings. The fraction of sp³-hybridized carbons (Fsp3) is 0.333. The fourth-order valence-electron chi connectivity index (χ4n) is 3.82. The zero-order valence-corrected chi connectivity index (χ0v) is 19.7. The van der Waals surface area contributed by atoms with Crippen LogP contribution < -0.4 is 10.6 Å². The highest BCUT2D eigenvalue weighted by molar-refractivity contribution is 5.90.